The number of amides is 1. The van der Waals surface area contributed by atoms with Crippen molar-refractivity contribution in [3.8, 4) is 0 Å². The Balaban J connectivity index is 2.89. The molecule has 14 heavy (non-hydrogen) atoms. The van der Waals surface area contributed by atoms with Crippen LogP contribution in [0.25, 0.3) is 5.70 Å². The summed E-state index contributed by atoms with van der Waals surface area (Å²) in [7, 11) is 0. The fourth-order valence-electron chi connectivity index (χ4n) is 1.25. The highest BCUT2D eigenvalue weighted by molar-refractivity contribution is 5.84. The Hall–Kier alpha value is -1.57. The Labute approximate surface area is 84.6 Å². The zero-order chi connectivity index (χ0) is 10.4. The molecule has 0 atom stereocenters. The number of carbonyl (C=O) groups is 1. The molecule has 0 unspecified atom stereocenters. The minimum absolute atomic E-state index is 0.0337. The molecule has 1 aromatic carbocycles. The molecule has 0 heterocycles. The molecule has 74 valence electrons. The predicted molar refractivity (Wildman–Crippen MR) is 58.5 cm³/mol. The second-order valence-corrected chi connectivity index (χ2v) is 3.07. The minimum Gasteiger partial charge on any atom is -0.326 e. The Morgan fingerprint density at radius 1 is 1.36 bits per heavy atom. The highest BCUT2D eigenvalue weighted by Gasteiger charge is 2.00. The van der Waals surface area contributed by atoms with E-state index >= 15 is 0 Å². The number of hydrogen-bond acceptors (Lipinski definition) is 1. The van der Waals surface area contributed by atoms with E-state index in [0.29, 0.717) is 0 Å². The van der Waals surface area contributed by atoms with Gasteiger partial charge in [-0.05, 0) is 12.0 Å². The molecule has 1 aromatic rings. The van der Waals surface area contributed by atoms with Gasteiger partial charge in [-0.2, -0.15) is 0 Å². The van der Waals surface area contributed by atoms with Gasteiger partial charge in [0.1, 0.15) is 0 Å². The van der Waals surface area contributed by atoms with Gasteiger partial charge in [0.15, 0.2) is 0 Å². The van der Waals surface area contributed by atoms with Crippen LogP contribution in [0.2, 0.25) is 0 Å². The van der Waals surface area contributed by atoms with Crippen LogP contribution in [-0.4, -0.2) is 5.91 Å². The first-order valence-electron chi connectivity index (χ1n) is 4.77. The second-order valence-electron chi connectivity index (χ2n) is 3.07. The summed E-state index contributed by atoms with van der Waals surface area (Å²) in [6, 6.07) is 9.84. The van der Waals surface area contributed by atoms with Crippen molar-refractivity contribution in [3.05, 3.63) is 42.0 Å². The van der Waals surface area contributed by atoms with Crippen molar-refractivity contribution in [2.45, 2.75) is 20.3 Å². The standard InChI is InChI=1S/C12H15NO/c1-3-7-12(13-10(2)14)11-8-5-4-6-9-11/h4-9H,3H2,1-2H3,(H,13,14). The molecule has 0 bridgehead atoms. The monoisotopic (exact) mass is 189 g/mol. The average molecular weight is 189 g/mol. The van der Waals surface area contributed by atoms with E-state index in [1.165, 1.54) is 6.92 Å². The van der Waals surface area contributed by atoms with E-state index in [-0.39, 0.29) is 5.91 Å². The number of allylic oxidation sites excluding steroid dienone is 1. The van der Waals surface area contributed by atoms with Crippen LogP contribution in [0.15, 0.2) is 36.4 Å². The number of hydrogen-bond donors (Lipinski definition) is 1. The summed E-state index contributed by atoms with van der Waals surface area (Å²) in [5.41, 5.74) is 1.94. The van der Waals surface area contributed by atoms with Gasteiger partial charge in [0.05, 0.1) is 0 Å². The van der Waals surface area contributed by atoms with Gasteiger partial charge in [0.25, 0.3) is 0 Å². The lowest BCUT2D eigenvalue weighted by Crippen LogP contribution is -2.17. The number of rotatable bonds is 3. The number of benzene rings is 1. The van der Waals surface area contributed by atoms with E-state index in [4.69, 9.17) is 0 Å². The van der Waals surface area contributed by atoms with Gasteiger partial charge in [-0.3, -0.25) is 4.79 Å². The summed E-state index contributed by atoms with van der Waals surface area (Å²) < 4.78 is 0. The Kier molecular flexibility index (Phi) is 3.92. The molecule has 1 amide bonds. The second kappa shape index (κ2) is 5.22. The van der Waals surface area contributed by atoms with Gasteiger partial charge in [-0.15, -0.1) is 0 Å². The van der Waals surface area contributed by atoms with E-state index in [0.717, 1.165) is 17.7 Å². The van der Waals surface area contributed by atoms with Crippen molar-refractivity contribution in [2.24, 2.45) is 0 Å². The lowest BCUT2D eigenvalue weighted by Gasteiger charge is -2.07. The molecule has 0 saturated heterocycles. The quantitative estimate of drug-likeness (QED) is 0.778. The zero-order valence-electron chi connectivity index (χ0n) is 8.58. The van der Waals surface area contributed by atoms with Crippen molar-refractivity contribution >= 4 is 11.6 Å². The molecule has 0 fully saturated rings. The van der Waals surface area contributed by atoms with Gasteiger partial charge in [0.2, 0.25) is 5.91 Å². The van der Waals surface area contributed by atoms with E-state index in [1.807, 2.05) is 43.3 Å². The summed E-state index contributed by atoms with van der Waals surface area (Å²) in [5, 5.41) is 2.82. The van der Waals surface area contributed by atoms with E-state index in [2.05, 4.69) is 5.32 Å². The molecule has 0 spiro atoms. The third-order valence-electron chi connectivity index (χ3n) is 1.80. The molecule has 0 aliphatic rings. The van der Waals surface area contributed by atoms with Crippen LogP contribution in [0.4, 0.5) is 0 Å². The van der Waals surface area contributed by atoms with Gasteiger partial charge in [-0.1, -0.05) is 43.3 Å². The normalized spacial score (nSPS) is 11.1. The van der Waals surface area contributed by atoms with Gasteiger partial charge in [0, 0.05) is 12.6 Å². The Bertz CT molecular complexity index is 327. The third-order valence-corrected chi connectivity index (χ3v) is 1.80. The summed E-state index contributed by atoms with van der Waals surface area (Å²) in [6.07, 6.45) is 2.92. The predicted octanol–water partition coefficient (Wildman–Crippen LogP) is 2.57. The van der Waals surface area contributed by atoms with Gasteiger partial charge < -0.3 is 5.32 Å². The van der Waals surface area contributed by atoms with Crippen LogP contribution in [0.5, 0.6) is 0 Å². The maximum absolute atomic E-state index is 11.0. The first kappa shape index (κ1) is 10.5. The highest BCUT2D eigenvalue weighted by Crippen LogP contribution is 2.11. The highest BCUT2D eigenvalue weighted by atomic mass is 16.1. The smallest absolute Gasteiger partial charge is 0.221 e. The Morgan fingerprint density at radius 3 is 2.50 bits per heavy atom. The van der Waals surface area contributed by atoms with Crippen molar-refractivity contribution in [2.75, 3.05) is 0 Å². The van der Waals surface area contributed by atoms with Crippen LogP contribution >= 0.6 is 0 Å². The van der Waals surface area contributed by atoms with Crippen molar-refractivity contribution in [1.82, 2.24) is 5.32 Å². The van der Waals surface area contributed by atoms with Crippen LogP contribution in [0.1, 0.15) is 25.8 Å². The molecular weight excluding hydrogens is 174 g/mol. The number of carbonyl (C=O) groups excluding carboxylic acids is 1. The van der Waals surface area contributed by atoms with Crippen molar-refractivity contribution in [3.63, 3.8) is 0 Å². The van der Waals surface area contributed by atoms with E-state index < -0.39 is 0 Å². The summed E-state index contributed by atoms with van der Waals surface area (Å²) >= 11 is 0. The molecule has 0 aliphatic carbocycles. The number of nitrogens with one attached hydrogen (secondary N) is 1. The van der Waals surface area contributed by atoms with Crippen LogP contribution in [0.3, 0.4) is 0 Å². The molecular formula is C12H15NO. The first-order valence-corrected chi connectivity index (χ1v) is 4.77. The first-order chi connectivity index (χ1) is 6.74. The fourth-order valence-corrected chi connectivity index (χ4v) is 1.25. The van der Waals surface area contributed by atoms with Crippen molar-refractivity contribution in [1.29, 1.82) is 0 Å². The zero-order valence-corrected chi connectivity index (χ0v) is 8.58. The molecule has 0 aliphatic heterocycles. The summed E-state index contributed by atoms with van der Waals surface area (Å²) in [6.45, 7) is 3.57. The van der Waals surface area contributed by atoms with Gasteiger partial charge >= 0.3 is 0 Å². The molecule has 1 N–H and O–H groups in total. The topological polar surface area (TPSA) is 29.1 Å². The molecule has 2 heteroatoms. The molecule has 0 aromatic heterocycles. The molecule has 0 saturated carbocycles. The molecule has 1 rings (SSSR count). The third kappa shape index (κ3) is 3.05. The van der Waals surface area contributed by atoms with Crippen LogP contribution in [0, 0.1) is 0 Å². The summed E-state index contributed by atoms with van der Waals surface area (Å²) in [5.74, 6) is -0.0337. The van der Waals surface area contributed by atoms with Crippen molar-refractivity contribution < 1.29 is 4.79 Å². The maximum atomic E-state index is 11.0. The van der Waals surface area contributed by atoms with E-state index in [1.54, 1.807) is 0 Å². The van der Waals surface area contributed by atoms with Crippen LogP contribution < -0.4 is 5.32 Å². The average Bonchev–Trinajstić information content (AvgIpc) is 2.18. The molecule has 2 nitrogen and oxygen atoms in total. The summed E-state index contributed by atoms with van der Waals surface area (Å²) in [4.78, 5) is 11.0. The largest absolute Gasteiger partial charge is 0.326 e. The molecule has 0 radical (unpaired) electrons. The van der Waals surface area contributed by atoms with Gasteiger partial charge in [-0.25, -0.2) is 0 Å². The SMILES string of the molecule is CCC=C(NC(C)=O)c1ccccc1. The maximum Gasteiger partial charge on any atom is 0.221 e. The van der Waals surface area contributed by atoms with E-state index in [9.17, 15) is 4.79 Å². The Morgan fingerprint density at radius 2 is 2.00 bits per heavy atom. The lowest BCUT2D eigenvalue weighted by atomic mass is 10.1. The van der Waals surface area contributed by atoms with Crippen LogP contribution in [-0.2, 0) is 4.79 Å². The minimum atomic E-state index is -0.0337. The lowest BCUT2D eigenvalue weighted by molar-refractivity contribution is -0.117. The fraction of sp³-hybridized carbons (Fsp3) is 0.250.